The lowest BCUT2D eigenvalue weighted by Gasteiger charge is -2.34. The van der Waals surface area contributed by atoms with Crippen molar-refractivity contribution >= 4 is 11.8 Å². The topological polar surface area (TPSA) is 81.2 Å². The third-order valence-electron chi connectivity index (χ3n) is 6.88. The zero-order chi connectivity index (χ0) is 24.6. The van der Waals surface area contributed by atoms with E-state index in [0.717, 1.165) is 36.8 Å². The fraction of sp³-hybridized carbons (Fsp3) is 0.519. The summed E-state index contributed by atoms with van der Waals surface area (Å²) in [4.78, 5) is 34.5. The number of hydrogen-bond donors (Lipinski definition) is 0. The normalized spacial score (nSPS) is 19.4. The monoisotopic (exact) mass is 481 g/mol. The predicted octanol–water partition coefficient (Wildman–Crippen LogP) is 3.23. The van der Waals surface area contributed by atoms with Gasteiger partial charge in [-0.15, -0.1) is 0 Å². The number of nitrogens with zero attached hydrogens (tertiary/aromatic N) is 3. The summed E-state index contributed by atoms with van der Waals surface area (Å²) in [5.41, 5.74) is 1.69. The van der Waals surface area contributed by atoms with E-state index in [1.165, 1.54) is 6.42 Å². The zero-order valence-electron chi connectivity index (χ0n) is 20.7. The SMILES string of the molecule is COc1ccc(OC)c(CC(=O)N2CC(=O)N(C3CCCCC3)C[C@@H](OCc3cccnc3)C2)c1. The van der Waals surface area contributed by atoms with Gasteiger partial charge in [-0.3, -0.25) is 14.6 Å². The molecule has 0 N–H and O–H groups in total. The molecule has 0 unspecified atom stereocenters. The van der Waals surface area contributed by atoms with Crippen molar-refractivity contribution in [3.63, 3.8) is 0 Å². The van der Waals surface area contributed by atoms with Gasteiger partial charge in [0.25, 0.3) is 0 Å². The second kappa shape index (κ2) is 12.0. The molecule has 2 fully saturated rings. The van der Waals surface area contributed by atoms with Gasteiger partial charge in [-0.2, -0.15) is 0 Å². The number of amides is 2. The Morgan fingerprint density at radius 3 is 2.63 bits per heavy atom. The van der Waals surface area contributed by atoms with Crippen molar-refractivity contribution in [3.8, 4) is 11.5 Å². The highest BCUT2D eigenvalue weighted by Gasteiger charge is 2.35. The molecule has 1 aliphatic heterocycles. The number of benzene rings is 1. The van der Waals surface area contributed by atoms with Gasteiger partial charge in [0, 0.05) is 37.1 Å². The van der Waals surface area contributed by atoms with Gasteiger partial charge in [0.2, 0.25) is 11.8 Å². The number of carbonyl (C=O) groups excluding carboxylic acids is 2. The Morgan fingerprint density at radius 2 is 1.91 bits per heavy atom. The van der Waals surface area contributed by atoms with Crippen LogP contribution in [0.3, 0.4) is 0 Å². The molecule has 35 heavy (non-hydrogen) atoms. The molecule has 2 amide bonds. The maximum absolute atomic E-state index is 13.4. The molecule has 1 saturated carbocycles. The molecule has 2 heterocycles. The summed E-state index contributed by atoms with van der Waals surface area (Å²) in [5.74, 6) is 1.14. The second-order valence-corrected chi connectivity index (χ2v) is 9.26. The van der Waals surface area contributed by atoms with Crippen LogP contribution in [0.25, 0.3) is 0 Å². The van der Waals surface area contributed by atoms with Crippen LogP contribution in [0.5, 0.6) is 11.5 Å². The molecule has 8 nitrogen and oxygen atoms in total. The quantitative estimate of drug-likeness (QED) is 0.576. The maximum atomic E-state index is 13.4. The van der Waals surface area contributed by atoms with E-state index in [1.807, 2.05) is 17.0 Å². The summed E-state index contributed by atoms with van der Waals surface area (Å²) in [6.45, 7) is 1.31. The highest BCUT2D eigenvalue weighted by atomic mass is 16.5. The van der Waals surface area contributed by atoms with Gasteiger partial charge in [0.15, 0.2) is 0 Å². The molecule has 1 aliphatic carbocycles. The van der Waals surface area contributed by atoms with E-state index in [4.69, 9.17) is 14.2 Å². The van der Waals surface area contributed by atoms with Crippen molar-refractivity contribution in [2.24, 2.45) is 0 Å². The number of hydrogen-bond acceptors (Lipinski definition) is 6. The number of aromatic nitrogens is 1. The molecule has 0 radical (unpaired) electrons. The molecule has 0 spiro atoms. The molecular weight excluding hydrogens is 446 g/mol. The van der Waals surface area contributed by atoms with Gasteiger partial charge in [-0.25, -0.2) is 0 Å². The van der Waals surface area contributed by atoms with E-state index < -0.39 is 0 Å². The fourth-order valence-electron chi connectivity index (χ4n) is 4.98. The smallest absolute Gasteiger partial charge is 0.242 e. The average molecular weight is 482 g/mol. The Balaban J connectivity index is 1.51. The van der Waals surface area contributed by atoms with Crippen LogP contribution in [0, 0.1) is 0 Å². The molecule has 4 rings (SSSR count). The molecule has 188 valence electrons. The first kappa shape index (κ1) is 25.0. The minimum atomic E-state index is -0.278. The van der Waals surface area contributed by atoms with Gasteiger partial charge in [0.05, 0.1) is 39.9 Å². The molecule has 1 saturated heterocycles. The van der Waals surface area contributed by atoms with Gasteiger partial charge < -0.3 is 24.0 Å². The van der Waals surface area contributed by atoms with Crippen LogP contribution in [0.2, 0.25) is 0 Å². The minimum absolute atomic E-state index is 0.00432. The van der Waals surface area contributed by atoms with Crippen molar-refractivity contribution in [2.45, 2.75) is 57.3 Å². The van der Waals surface area contributed by atoms with Gasteiger partial charge >= 0.3 is 0 Å². The molecule has 1 atom stereocenters. The third kappa shape index (κ3) is 6.51. The number of pyridine rings is 1. The van der Waals surface area contributed by atoms with Crippen molar-refractivity contribution in [1.29, 1.82) is 0 Å². The van der Waals surface area contributed by atoms with E-state index in [0.29, 0.717) is 31.2 Å². The highest BCUT2D eigenvalue weighted by molar-refractivity contribution is 5.87. The Labute approximate surface area is 207 Å². The Hall–Kier alpha value is -3.13. The first-order valence-corrected chi connectivity index (χ1v) is 12.4. The lowest BCUT2D eigenvalue weighted by molar-refractivity contribution is -0.139. The number of ether oxygens (including phenoxy) is 3. The lowest BCUT2D eigenvalue weighted by atomic mass is 9.94. The lowest BCUT2D eigenvalue weighted by Crippen LogP contribution is -2.46. The van der Waals surface area contributed by atoms with E-state index in [9.17, 15) is 9.59 Å². The summed E-state index contributed by atoms with van der Waals surface area (Å²) in [6, 6.07) is 9.45. The van der Waals surface area contributed by atoms with Gasteiger partial charge in [-0.05, 0) is 42.7 Å². The van der Waals surface area contributed by atoms with Gasteiger partial charge in [0.1, 0.15) is 11.5 Å². The fourth-order valence-corrected chi connectivity index (χ4v) is 4.98. The van der Waals surface area contributed by atoms with E-state index in [-0.39, 0.29) is 36.9 Å². The third-order valence-corrected chi connectivity index (χ3v) is 6.88. The van der Waals surface area contributed by atoms with Crippen LogP contribution in [0.1, 0.15) is 43.2 Å². The van der Waals surface area contributed by atoms with E-state index in [1.54, 1.807) is 49.7 Å². The van der Waals surface area contributed by atoms with Crippen LogP contribution < -0.4 is 9.47 Å². The molecule has 0 bridgehead atoms. The van der Waals surface area contributed by atoms with E-state index in [2.05, 4.69) is 4.98 Å². The van der Waals surface area contributed by atoms with Crippen LogP contribution in [0.15, 0.2) is 42.7 Å². The summed E-state index contributed by atoms with van der Waals surface area (Å²) < 4.78 is 17.0. The first-order valence-electron chi connectivity index (χ1n) is 12.4. The molecule has 8 heteroatoms. The largest absolute Gasteiger partial charge is 0.497 e. The molecular formula is C27H35N3O5. The van der Waals surface area contributed by atoms with Crippen LogP contribution >= 0.6 is 0 Å². The standard InChI is InChI=1S/C27H35N3O5/c1-33-23-10-11-25(34-2)21(13-23)14-26(31)29-16-24(35-19-20-7-6-12-28-15-20)17-30(27(32)18-29)22-8-4-3-5-9-22/h6-7,10-13,15,22,24H,3-5,8-9,14,16-19H2,1-2H3/t24-/m0/s1. The Kier molecular flexibility index (Phi) is 8.58. The van der Waals surface area contributed by atoms with Crippen LogP contribution in [-0.4, -0.2) is 72.6 Å². The van der Waals surface area contributed by atoms with E-state index >= 15 is 0 Å². The van der Waals surface area contributed by atoms with Crippen LogP contribution in [-0.2, 0) is 27.4 Å². The van der Waals surface area contributed by atoms with Crippen molar-refractivity contribution in [1.82, 2.24) is 14.8 Å². The first-order chi connectivity index (χ1) is 17.1. The van der Waals surface area contributed by atoms with Gasteiger partial charge in [-0.1, -0.05) is 25.3 Å². The highest BCUT2D eigenvalue weighted by Crippen LogP contribution is 2.27. The zero-order valence-corrected chi connectivity index (χ0v) is 20.7. The Morgan fingerprint density at radius 1 is 1.09 bits per heavy atom. The number of methoxy groups -OCH3 is 2. The van der Waals surface area contributed by atoms with Crippen molar-refractivity contribution in [2.75, 3.05) is 33.9 Å². The predicted molar refractivity (Wildman–Crippen MR) is 131 cm³/mol. The maximum Gasteiger partial charge on any atom is 0.242 e. The van der Waals surface area contributed by atoms with Crippen LogP contribution in [0.4, 0.5) is 0 Å². The Bertz CT molecular complexity index is 994. The molecule has 1 aromatic carbocycles. The molecule has 2 aromatic rings. The number of rotatable bonds is 8. The number of carbonyl (C=O) groups is 2. The van der Waals surface area contributed by atoms with Crippen molar-refractivity contribution < 1.29 is 23.8 Å². The molecule has 1 aromatic heterocycles. The summed E-state index contributed by atoms with van der Waals surface area (Å²) in [6.07, 6.45) is 8.84. The summed E-state index contributed by atoms with van der Waals surface area (Å²) in [7, 11) is 3.17. The second-order valence-electron chi connectivity index (χ2n) is 9.26. The summed E-state index contributed by atoms with van der Waals surface area (Å²) >= 11 is 0. The molecule has 2 aliphatic rings. The average Bonchev–Trinajstić information content (AvgIpc) is 3.07. The minimum Gasteiger partial charge on any atom is -0.497 e. The summed E-state index contributed by atoms with van der Waals surface area (Å²) in [5, 5.41) is 0. The van der Waals surface area contributed by atoms with Crippen molar-refractivity contribution in [3.05, 3.63) is 53.9 Å².